The number of aryl methyl sites for hydroxylation is 1. The summed E-state index contributed by atoms with van der Waals surface area (Å²) < 4.78 is 24.3. The van der Waals surface area contributed by atoms with Crippen molar-refractivity contribution >= 4 is 51.5 Å². The maximum absolute atomic E-state index is 13.5. The fraction of sp³-hybridized carbons (Fsp3) is 0.414. The standard InChI is InChI=1S/C29H34N8O9S/c1-17-13-32-24(15-47(43)29-35-21-7-6-20(44-3)12-22(21)36-29)18(2)27(17)46-28(40)23(11-19-14-30-16-33-19)34-26(39)8-9-31-25(38)5-4-10-45-37(41)42/h6-7,12-14,23H,4-5,8-11,15-16H2,1-3H3,(H,31,38)(H,34,39)(H,35,36)/t23-,47?/m0/s1. The highest BCUT2D eigenvalue weighted by Gasteiger charge is 2.27. The SMILES string of the molecule is COc1ccc2nc(S(=O)Cc3ncc(C)c(OC(=O)[C@H](CC4=NCN=C4)NC(=O)CCNC(=O)CCCO[N+](=O)[O-])c3C)[nH]c2c1. The number of esters is 1. The fourth-order valence-corrected chi connectivity index (χ4v) is 5.60. The van der Waals surface area contributed by atoms with Crippen LogP contribution in [0, 0.1) is 24.0 Å². The van der Waals surface area contributed by atoms with Crippen molar-refractivity contribution in [3.05, 3.63) is 51.3 Å². The monoisotopic (exact) mass is 670 g/mol. The van der Waals surface area contributed by atoms with E-state index in [1.165, 1.54) is 12.4 Å². The van der Waals surface area contributed by atoms with Crippen LogP contribution in [0.3, 0.4) is 0 Å². The number of benzene rings is 1. The minimum Gasteiger partial charge on any atom is -0.497 e. The van der Waals surface area contributed by atoms with Crippen LogP contribution in [0.25, 0.3) is 11.0 Å². The Bertz CT molecular complexity index is 1740. The minimum absolute atomic E-state index is 0.00444. The molecule has 0 saturated heterocycles. The predicted molar refractivity (Wildman–Crippen MR) is 169 cm³/mol. The van der Waals surface area contributed by atoms with E-state index in [4.69, 9.17) is 9.47 Å². The number of nitrogens with one attached hydrogen (secondary N) is 3. The molecule has 1 unspecified atom stereocenters. The van der Waals surface area contributed by atoms with Crippen LogP contribution >= 0.6 is 0 Å². The van der Waals surface area contributed by atoms with E-state index in [9.17, 15) is 28.7 Å². The minimum atomic E-state index is -1.61. The summed E-state index contributed by atoms with van der Waals surface area (Å²) in [5.41, 5.74) is 3.29. The van der Waals surface area contributed by atoms with Gasteiger partial charge in [0.15, 0.2) is 5.16 Å². The molecule has 2 atom stereocenters. The lowest BCUT2D eigenvalue weighted by Gasteiger charge is -2.19. The summed E-state index contributed by atoms with van der Waals surface area (Å²) >= 11 is 0. The van der Waals surface area contributed by atoms with E-state index in [-0.39, 0.29) is 62.2 Å². The summed E-state index contributed by atoms with van der Waals surface area (Å²) in [4.78, 5) is 72.6. The van der Waals surface area contributed by atoms with E-state index in [2.05, 4.69) is 40.4 Å². The van der Waals surface area contributed by atoms with Crippen molar-refractivity contribution in [3.63, 3.8) is 0 Å². The first kappa shape index (κ1) is 34.6. The number of fused-ring (bicyclic) bond motifs is 1. The molecule has 2 amide bonds. The summed E-state index contributed by atoms with van der Waals surface area (Å²) in [5, 5.41) is 14.7. The number of hydrogen-bond donors (Lipinski definition) is 3. The predicted octanol–water partition coefficient (Wildman–Crippen LogP) is 1.65. The summed E-state index contributed by atoms with van der Waals surface area (Å²) in [6.45, 7) is 3.39. The average molecular weight is 671 g/mol. The van der Waals surface area contributed by atoms with E-state index >= 15 is 0 Å². The highest BCUT2D eigenvalue weighted by Crippen LogP contribution is 2.27. The van der Waals surface area contributed by atoms with Crippen LogP contribution in [0.4, 0.5) is 0 Å². The highest BCUT2D eigenvalue weighted by molar-refractivity contribution is 7.84. The third-order valence-electron chi connectivity index (χ3n) is 6.95. The molecule has 3 N–H and O–H groups in total. The molecule has 1 aromatic carbocycles. The lowest BCUT2D eigenvalue weighted by atomic mass is 10.1. The second kappa shape index (κ2) is 16.3. The molecule has 3 heterocycles. The number of aliphatic imine (C=N–C) groups is 2. The Labute approximate surface area is 271 Å². The molecular weight excluding hydrogens is 636 g/mol. The van der Waals surface area contributed by atoms with Gasteiger partial charge in [0, 0.05) is 55.4 Å². The molecule has 1 aliphatic heterocycles. The van der Waals surface area contributed by atoms with Crippen LogP contribution in [-0.2, 0) is 35.8 Å². The van der Waals surface area contributed by atoms with Crippen LogP contribution < -0.4 is 20.1 Å². The number of hydrogen-bond acceptors (Lipinski definition) is 13. The molecule has 47 heavy (non-hydrogen) atoms. The van der Waals surface area contributed by atoms with Gasteiger partial charge < -0.3 is 29.9 Å². The van der Waals surface area contributed by atoms with Crippen molar-refractivity contribution in [2.75, 3.05) is 26.9 Å². The average Bonchev–Trinajstić information content (AvgIpc) is 3.72. The largest absolute Gasteiger partial charge is 0.497 e. The van der Waals surface area contributed by atoms with Crippen molar-refractivity contribution in [1.82, 2.24) is 25.6 Å². The molecule has 0 spiro atoms. The normalized spacial score (nSPS) is 13.5. The fourth-order valence-electron chi connectivity index (χ4n) is 4.50. The number of aromatic nitrogens is 3. The van der Waals surface area contributed by atoms with Crippen molar-refractivity contribution in [1.29, 1.82) is 0 Å². The molecule has 0 fully saturated rings. The molecule has 2 aromatic heterocycles. The Morgan fingerprint density at radius 1 is 1.19 bits per heavy atom. The number of H-pyrrole nitrogens is 1. The third-order valence-corrected chi connectivity index (χ3v) is 8.11. The van der Waals surface area contributed by atoms with E-state index in [1.807, 2.05) is 0 Å². The van der Waals surface area contributed by atoms with Crippen LogP contribution in [0.2, 0.25) is 0 Å². The smallest absolute Gasteiger partial charge is 0.334 e. The summed E-state index contributed by atoms with van der Waals surface area (Å²) in [5.74, 6) is -0.840. The van der Waals surface area contributed by atoms with Crippen molar-refractivity contribution in [2.45, 2.75) is 56.5 Å². The Balaban J connectivity index is 1.39. The zero-order valence-corrected chi connectivity index (χ0v) is 26.8. The zero-order chi connectivity index (χ0) is 33.9. The molecule has 0 bridgehead atoms. The van der Waals surface area contributed by atoms with Gasteiger partial charge in [0.25, 0.3) is 5.09 Å². The van der Waals surface area contributed by atoms with Gasteiger partial charge >= 0.3 is 5.97 Å². The second-order valence-corrected chi connectivity index (χ2v) is 11.7. The second-order valence-electron chi connectivity index (χ2n) is 10.4. The van der Waals surface area contributed by atoms with Gasteiger partial charge in [0.2, 0.25) is 11.8 Å². The maximum Gasteiger partial charge on any atom is 0.334 e. The lowest BCUT2D eigenvalue weighted by Crippen LogP contribution is -2.45. The van der Waals surface area contributed by atoms with Gasteiger partial charge in [-0.25, -0.2) is 9.78 Å². The molecule has 4 rings (SSSR count). The first-order chi connectivity index (χ1) is 22.5. The Morgan fingerprint density at radius 2 is 2.00 bits per heavy atom. The number of carbonyl (C=O) groups excluding carboxylic acids is 3. The van der Waals surface area contributed by atoms with Gasteiger partial charge in [-0.1, -0.05) is 0 Å². The number of ether oxygens (including phenoxy) is 2. The number of rotatable bonds is 17. The van der Waals surface area contributed by atoms with E-state index in [1.54, 1.807) is 39.2 Å². The number of imidazole rings is 1. The molecular formula is C29H34N8O9S. The molecule has 0 aliphatic carbocycles. The van der Waals surface area contributed by atoms with Gasteiger partial charge in [-0.05, 0) is 32.4 Å². The summed E-state index contributed by atoms with van der Waals surface area (Å²) in [7, 11) is -0.0552. The highest BCUT2D eigenvalue weighted by atomic mass is 32.2. The van der Waals surface area contributed by atoms with Crippen molar-refractivity contribution in [2.24, 2.45) is 9.98 Å². The number of methoxy groups -OCH3 is 1. The van der Waals surface area contributed by atoms with Crippen molar-refractivity contribution in [3.8, 4) is 11.5 Å². The van der Waals surface area contributed by atoms with E-state index in [0.717, 1.165) is 0 Å². The topological polar surface area (TPSA) is 229 Å². The zero-order valence-electron chi connectivity index (χ0n) is 25.9. The molecule has 0 saturated carbocycles. The molecule has 18 heteroatoms. The van der Waals surface area contributed by atoms with Crippen molar-refractivity contribution < 1.29 is 38.0 Å². The van der Waals surface area contributed by atoms with Gasteiger partial charge in [0.1, 0.15) is 24.2 Å². The summed E-state index contributed by atoms with van der Waals surface area (Å²) in [6.07, 6.45) is 3.03. The van der Waals surface area contributed by atoms with E-state index in [0.29, 0.717) is 39.3 Å². The first-order valence-corrected chi connectivity index (χ1v) is 15.8. The molecule has 1 aliphatic rings. The van der Waals surface area contributed by atoms with Gasteiger partial charge in [0.05, 0.1) is 52.7 Å². The van der Waals surface area contributed by atoms with Crippen LogP contribution in [0.1, 0.15) is 42.5 Å². The van der Waals surface area contributed by atoms with E-state index < -0.39 is 39.7 Å². The molecule has 17 nitrogen and oxygen atoms in total. The quantitative estimate of drug-likeness (QED) is 0.0809. The number of amides is 2. The van der Waals surface area contributed by atoms with Crippen LogP contribution in [0.15, 0.2) is 39.5 Å². The number of pyridine rings is 1. The van der Waals surface area contributed by atoms with Crippen LogP contribution in [-0.4, -0.2) is 86.9 Å². The molecule has 0 radical (unpaired) electrons. The van der Waals surface area contributed by atoms with Gasteiger partial charge in [-0.15, -0.1) is 10.1 Å². The number of aromatic amines is 1. The first-order valence-electron chi connectivity index (χ1n) is 14.5. The Hall–Kier alpha value is -5.26. The summed E-state index contributed by atoms with van der Waals surface area (Å²) in [6, 6.07) is 4.14. The van der Waals surface area contributed by atoms with Gasteiger partial charge in [-0.3, -0.25) is 28.8 Å². The Kier molecular flexibility index (Phi) is 12.0. The van der Waals surface area contributed by atoms with Crippen LogP contribution in [0.5, 0.6) is 11.5 Å². The van der Waals surface area contributed by atoms with Gasteiger partial charge in [-0.2, -0.15) is 0 Å². The third kappa shape index (κ3) is 9.86. The lowest BCUT2D eigenvalue weighted by molar-refractivity contribution is -0.757. The Morgan fingerprint density at radius 3 is 2.72 bits per heavy atom. The maximum atomic E-state index is 13.5. The number of nitrogens with zero attached hydrogens (tertiary/aromatic N) is 5. The number of carbonyl (C=O) groups is 3. The molecule has 3 aromatic rings. The molecule has 250 valence electrons.